The van der Waals surface area contributed by atoms with Crippen molar-refractivity contribution in [2.24, 2.45) is 11.5 Å². The number of hydrogen-bond donors (Lipinski definition) is 16. The summed E-state index contributed by atoms with van der Waals surface area (Å²) in [5.41, 5.74) is 10.8. The van der Waals surface area contributed by atoms with Gasteiger partial charge in [-0.1, -0.05) is 77.6 Å². The molecule has 450 valence electrons. The molecule has 0 aromatic rings. The molecular weight excluding hydrogens is 1030 g/mol. The van der Waals surface area contributed by atoms with Crippen LogP contribution in [0, 0.1) is 5.41 Å². The Labute approximate surface area is 463 Å². The number of carbonyl (C=O) groups excluding carboxylic acids is 10. The zero-order valence-corrected chi connectivity index (χ0v) is 46.7. The summed E-state index contributed by atoms with van der Waals surface area (Å²) in [6.07, 6.45) is 11.8. The molecule has 6 atom stereocenters. The number of carbonyl (C=O) groups is 12. The number of nitrogens with one attached hydrogen (secondary N) is 12. The number of guanidine groups is 1. The van der Waals surface area contributed by atoms with Gasteiger partial charge in [0.25, 0.3) is 0 Å². The molecule has 28 nitrogen and oxygen atoms in total. The monoisotopic (exact) mass is 1120 g/mol. The van der Waals surface area contributed by atoms with E-state index in [9.17, 15) is 67.7 Å². The van der Waals surface area contributed by atoms with Gasteiger partial charge in [-0.25, -0.2) is 0 Å². The molecule has 6 unspecified atom stereocenters. The van der Waals surface area contributed by atoms with Gasteiger partial charge in [0.1, 0.15) is 18.1 Å². The highest BCUT2D eigenvalue weighted by Crippen LogP contribution is 2.12. The first-order valence-corrected chi connectivity index (χ1v) is 27.5. The number of rotatable bonds is 46. The molecule has 0 aliphatic heterocycles. The molecule has 0 heterocycles. The molecule has 0 radical (unpaired) electrons. The van der Waals surface area contributed by atoms with Gasteiger partial charge in [0.15, 0.2) is 5.96 Å². The quantitative estimate of drug-likeness (QED) is 0.0190. The van der Waals surface area contributed by atoms with Gasteiger partial charge in [0, 0.05) is 71.4 Å². The number of nitrogens with two attached hydrogens (primary N) is 2. The normalized spacial score (nSPS) is 13.0. The minimum atomic E-state index is -1.66. The molecule has 10 amide bonds. The molecule has 18 N–H and O–H groups in total. The summed E-state index contributed by atoms with van der Waals surface area (Å²) in [6, 6.07) is -6.76. The molecule has 0 rings (SSSR count). The van der Waals surface area contributed by atoms with Crippen LogP contribution in [0.5, 0.6) is 0 Å². The van der Waals surface area contributed by atoms with Crippen molar-refractivity contribution in [3.05, 3.63) is 0 Å². The predicted octanol–water partition coefficient (Wildman–Crippen LogP) is -1.37. The fraction of sp³-hybridized carbons (Fsp3) is 0.745. The van der Waals surface area contributed by atoms with Crippen molar-refractivity contribution in [1.29, 1.82) is 5.41 Å². The van der Waals surface area contributed by atoms with Crippen LogP contribution in [0.4, 0.5) is 0 Å². The fourth-order valence-electron chi connectivity index (χ4n) is 8.11. The number of aliphatic carboxylic acids is 2. The van der Waals surface area contributed by atoms with Crippen molar-refractivity contribution < 1.29 is 67.7 Å². The Morgan fingerprint density at radius 3 is 1.52 bits per heavy atom. The summed E-state index contributed by atoms with van der Waals surface area (Å²) in [6.45, 7) is 5.26. The molecule has 0 bridgehead atoms. The van der Waals surface area contributed by atoms with Gasteiger partial charge in [-0.05, 0) is 45.6 Å². The number of carboxylic acids is 2. The molecule has 0 saturated carbocycles. The number of unbranched alkanes of at least 4 members (excludes halogenated alkanes) is 11. The Kier molecular flexibility index (Phi) is 39.9. The van der Waals surface area contributed by atoms with E-state index in [0.717, 1.165) is 19.3 Å². The van der Waals surface area contributed by atoms with Gasteiger partial charge in [0.2, 0.25) is 59.1 Å². The molecule has 0 aliphatic carbocycles. The molecule has 0 aromatic heterocycles. The molecule has 0 spiro atoms. The third-order valence-corrected chi connectivity index (χ3v) is 12.0. The molecule has 79 heavy (non-hydrogen) atoms. The lowest BCUT2D eigenvalue weighted by Crippen LogP contribution is -2.54. The van der Waals surface area contributed by atoms with E-state index in [2.05, 4.69) is 65.4 Å². The largest absolute Gasteiger partial charge is 0.481 e. The summed E-state index contributed by atoms with van der Waals surface area (Å²) >= 11 is 0. The summed E-state index contributed by atoms with van der Waals surface area (Å²) < 4.78 is 0. The zero-order chi connectivity index (χ0) is 59.5. The highest BCUT2D eigenvalue weighted by atomic mass is 16.4. The standard InChI is InChI=1S/C51H92N14O14/c1-5-6-7-8-9-10-11-12-13-14-15-21-41(68)58-31-37(61-34(3)66)27-43(70)60-33(2)26-42(69)64-39(29-44(71)63-36(28-46(73)74)19-16-17-22-52)49(78)55-24-25-56-50(79)40(30-47(75)76)65-45(72)32-59-48(77)38(62-35(4)67)20-18-23-57-51(53)54/h33,36-40H,5-32,52H2,1-4H3,(H,55,78)(H,56,79)(H,58,68)(H,59,77)(H,60,70)(H,61,66)(H,62,67)(H,63,71)(H,64,69)(H,65,72)(H,73,74)(H,75,76)(H4,53,54,57). The van der Waals surface area contributed by atoms with E-state index in [-0.39, 0.29) is 57.3 Å². The van der Waals surface area contributed by atoms with E-state index >= 15 is 0 Å². The molecule has 0 fully saturated rings. The third-order valence-electron chi connectivity index (χ3n) is 12.0. The molecule has 0 saturated heterocycles. The Bertz CT molecular complexity index is 1960. The summed E-state index contributed by atoms with van der Waals surface area (Å²) in [5, 5.41) is 53.6. The SMILES string of the molecule is CCCCCCCCCCCCCC(=O)NCC(CC(=O)NC(C)CC(=O)NC(CC(=O)NC(CCCCN)CC(=O)O)C(=O)NCCNC(=O)C(CC(=O)O)NC(=O)CNC(=O)C(CCCNC(=N)N)NC(C)=O)NC(C)=O. The second-order valence-corrected chi connectivity index (χ2v) is 19.6. The van der Waals surface area contributed by atoms with Crippen molar-refractivity contribution in [3.63, 3.8) is 0 Å². The fourth-order valence-corrected chi connectivity index (χ4v) is 8.11. The first kappa shape index (κ1) is 71.9. The van der Waals surface area contributed by atoms with Gasteiger partial charge in [-0.15, -0.1) is 0 Å². The maximum Gasteiger partial charge on any atom is 0.305 e. The van der Waals surface area contributed by atoms with Gasteiger partial charge < -0.3 is 80.2 Å². The van der Waals surface area contributed by atoms with Crippen molar-refractivity contribution >= 4 is 77.0 Å². The van der Waals surface area contributed by atoms with Crippen LogP contribution in [-0.4, -0.2) is 163 Å². The summed E-state index contributed by atoms with van der Waals surface area (Å²) in [7, 11) is 0. The molecule has 0 aliphatic rings. The van der Waals surface area contributed by atoms with Crippen molar-refractivity contribution in [2.45, 2.75) is 205 Å². The number of hydrogen-bond acceptors (Lipinski definition) is 14. The van der Waals surface area contributed by atoms with Crippen LogP contribution in [0.2, 0.25) is 0 Å². The highest BCUT2D eigenvalue weighted by molar-refractivity contribution is 5.94. The van der Waals surface area contributed by atoms with Gasteiger partial charge in [-0.3, -0.25) is 62.9 Å². The maximum absolute atomic E-state index is 13.6. The second kappa shape index (κ2) is 43.8. The van der Waals surface area contributed by atoms with Crippen molar-refractivity contribution in [3.8, 4) is 0 Å². The Morgan fingerprint density at radius 2 is 0.975 bits per heavy atom. The van der Waals surface area contributed by atoms with E-state index in [1.165, 1.54) is 65.7 Å². The van der Waals surface area contributed by atoms with Crippen LogP contribution < -0.4 is 70.0 Å². The van der Waals surface area contributed by atoms with Gasteiger partial charge >= 0.3 is 11.9 Å². The number of amides is 10. The van der Waals surface area contributed by atoms with Crippen LogP contribution in [0.15, 0.2) is 0 Å². The lowest BCUT2D eigenvalue weighted by atomic mass is 10.1. The number of carboxylic acid groups (broad SMARTS) is 2. The smallest absolute Gasteiger partial charge is 0.305 e. The Hall–Kier alpha value is -7.13. The lowest BCUT2D eigenvalue weighted by Gasteiger charge is -2.23. The summed E-state index contributed by atoms with van der Waals surface area (Å²) in [5.74, 6) is -9.92. The van der Waals surface area contributed by atoms with E-state index in [0.29, 0.717) is 38.6 Å². The van der Waals surface area contributed by atoms with Crippen LogP contribution in [-0.2, 0) is 57.5 Å². The third kappa shape index (κ3) is 40.7. The van der Waals surface area contributed by atoms with E-state index in [1.54, 1.807) is 0 Å². The van der Waals surface area contributed by atoms with E-state index in [1.807, 2.05) is 0 Å². The Balaban J connectivity index is 5.65. The van der Waals surface area contributed by atoms with Crippen LogP contribution in [0.25, 0.3) is 0 Å². The van der Waals surface area contributed by atoms with Crippen molar-refractivity contribution in [1.82, 2.24) is 58.5 Å². The Morgan fingerprint density at radius 1 is 0.456 bits per heavy atom. The zero-order valence-electron chi connectivity index (χ0n) is 46.7. The average molecular weight is 1130 g/mol. The van der Waals surface area contributed by atoms with E-state index < -0.39 is 134 Å². The summed E-state index contributed by atoms with van der Waals surface area (Å²) in [4.78, 5) is 151. The first-order chi connectivity index (χ1) is 37.4. The van der Waals surface area contributed by atoms with Crippen LogP contribution >= 0.6 is 0 Å². The van der Waals surface area contributed by atoms with E-state index in [4.69, 9.17) is 16.9 Å². The first-order valence-electron chi connectivity index (χ1n) is 27.5. The molecule has 28 heteroatoms. The minimum Gasteiger partial charge on any atom is -0.481 e. The lowest BCUT2D eigenvalue weighted by molar-refractivity contribution is -0.141. The minimum absolute atomic E-state index is 0.0173. The van der Waals surface area contributed by atoms with Crippen LogP contribution in [0.1, 0.15) is 169 Å². The molecule has 0 aromatic carbocycles. The highest BCUT2D eigenvalue weighted by Gasteiger charge is 2.29. The van der Waals surface area contributed by atoms with Crippen LogP contribution in [0.3, 0.4) is 0 Å². The predicted molar refractivity (Wildman–Crippen MR) is 292 cm³/mol. The van der Waals surface area contributed by atoms with Crippen molar-refractivity contribution in [2.75, 3.05) is 39.3 Å². The second-order valence-electron chi connectivity index (χ2n) is 19.6. The topological polar surface area (TPSA) is 454 Å². The average Bonchev–Trinajstić information content (AvgIpc) is 3.35. The molecular formula is C51H92N14O14. The maximum atomic E-state index is 13.6. The van der Waals surface area contributed by atoms with Gasteiger partial charge in [-0.2, -0.15) is 0 Å². The van der Waals surface area contributed by atoms with Gasteiger partial charge in [0.05, 0.1) is 31.8 Å².